The summed E-state index contributed by atoms with van der Waals surface area (Å²) < 4.78 is 5.64. The number of piperidine rings is 1. The van der Waals surface area contributed by atoms with Crippen LogP contribution in [-0.2, 0) is 14.3 Å². The van der Waals surface area contributed by atoms with Gasteiger partial charge in [-0.3, -0.25) is 14.5 Å². The van der Waals surface area contributed by atoms with Crippen molar-refractivity contribution in [3.05, 3.63) is 11.3 Å². The van der Waals surface area contributed by atoms with Crippen molar-refractivity contribution in [1.29, 1.82) is 0 Å². The summed E-state index contributed by atoms with van der Waals surface area (Å²) in [7, 11) is 0. The maximum atomic E-state index is 15.7. The Labute approximate surface area is 259 Å². The first-order valence-corrected chi connectivity index (χ1v) is 18.4. The fourth-order valence-electron chi connectivity index (χ4n) is 11.0. The Morgan fingerprint density at radius 2 is 1.51 bits per heavy atom. The van der Waals surface area contributed by atoms with Gasteiger partial charge in [0.2, 0.25) is 11.8 Å². The van der Waals surface area contributed by atoms with Crippen LogP contribution in [0.4, 0.5) is 0 Å². The van der Waals surface area contributed by atoms with Crippen LogP contribution in [0.5, 0.6) is 0 Å². The van der Waals surface area contributed by atoms with E-state index in [1.54, 1.807) is 5.57 Å². The quantitative estimate of drug-likeness (QED) is 0.438. The molecule has 240 valence electrons. The number of rotatable bonds is 6. The van der Waals surface area contributed by atoms with Gasteiger partial charge in [0.25, 0.3) is 0 Å². The number of fused-ring (bicyclic) bond motifs is 2. The lowest BCUT2D eigenvalue weighted by molar-refractivity contribution is -0.188. The number of aliphatic hydroxyl groups excluding tert-OH is 1. The van der Waals surface area contributed by atoms with E-state index < -0.39 is 5.41 Å². The highest BCUT2D eigenvalue weighted by Crippen LogP contribution is 2.61. The Bertz CT molecular complexity index is 1040. The molecule has 5 fully saturated rings. The van der Waals surface area contributed by atoms with E-state index >= 15 is 4.79 Å². The Kier molecular flexibility index (Phi) is 9.22. The zero-order chi connectivity index (χ0) is 29.4. The number of likely N-dealkylation sites (tertiary alicyclic amines) is 1. The van der Waals surface area contributed by atoms with Gasteiger partial charge >= 0.3 is 0 Å². The molecule has 7 aliphatic rings. The van der Waals surface area contributed by atoms with Gasteiger partial charge in [-0.25, -0.2) is 0 Å². The van der Waals surface area contributed by atoms with E-state index in [4.69, 9.17) is 4.74 Å². The zero-order valence-corrected chi connectivity index (χ0v) is 26.7. The smallest absolute Gasteiger partial charge is 0.235 e. The van der Waals surface area contributed by atoms with Gasteiger partial charge in [0.05, 0.1) is 18.6 Å². The molecule has 7 rings (SSSR count). The van der Waals surface area contributed by atoms with Gasteiger partial charge in [-0.05, 0) is 107 Å². The minimum atomic E-state index is -0.492. The molecule has 0 aromatic carbocycles. The number of nitrogens with zero attached hydrogens (tertiary/aromatic N) is 3. The minimum absolute atomic E-state index is 0.0106. The molecule has 4 aliphatic carbocycles. The molecule has 0 radical (unpaired) electrons. The summed E-state index contributed by atoms with van der Waals surface area (Å²) >= 11 is 0. The van der Waals surface area contributed by atoms with E-state index in [-0.39, 0.29) is 30.5 Å². The predicted octanol–water partition coefficient (Wildman–Crippen LogP) is 5.51. The van der Waals surface area contributed by atoms with Gasteiger partial charge in [0.1, 0.15) is 0 Å². The number of carbonyl (C=O) groups is 2. The van der Waals surface area contributed by atoms with E-state index in [0.29, 0.717) is 23.7 Å². The highest BCUT2D eigenvalue weighted by molar-refractivity contribution is 5.92. The van der Waals surface area contributed by atoms with Crippen molar-refractivity contribution in [2.24, 2.45) is 29.1 Å². The number of hydrogen-bond acceptors (Lipinski definition) is 5. The van der Waals surface area contributed by atoms with Crippen LogP contribution in [-0.4, -0.2) is 89.7 Å². The molecule has 1 spiro atoms. The lowest BCUT2D eigenvalue weighted by Gasteiger charge is -2.64. The first kappa shape index (κ1) is 30.2. The van der Waals surface area contributed by atoms with Crippen molar-refractivity contribution < 1.29 is 19.4 Å². The Hall–Kier alpha value is -1.44. The summed E-state index contributed by atoms with van der Waals surface area (Å²) in [5.74, 6) is 1.71. The summed E-state index contributed by atoms with van der Waals surface area (Å²) in [4.78, 5) is 37.7. The third-order valence-electron chi connectivity index (χ3n) is 13.2. The van der Waals surface area contributed by atoms with Gasteiger partial charge in [-0.1, -0.05) is 32.1 Å². The van der Waals surface area contributed by atoms with Gasteiger partial charge in [-0.2, -0.15) is 0 Å². The average molecular weight is 596 g/mol. The zero-order valence-electron chi connectivity index (χ0n) is 26.7. The highest BCUT2D eigenvalue weighted by atomic mass is 16.5. The predicted molar refractivity (Wildman–Crippen MR) is 167 cm³/mol. The number of amides is 2. The topological polar surface area (TPSA) is 73.3 Å². The molecule has 3 saturated carbocycles. The normalized spacial score (nSPS) is 38.4. The molecule has 0 bridgehead atoms. The van der Waals surface area contributed by atoms with Gasteiger partial charge < -0.3 is 19.6 Å². The molecule has 7 nitrogen and oxygen atoms in total. The molecule has 43 heavy (non-hydrogen) atoms. The summed E-state index contributed by atoms with van der Waals surface area (Å²) in [6.07, 6.45) is 19.7. The lowest BCUT2D eigenvalue weighted by Crippen LogP contribution is -2.73. The number of morpholine rings is 1. The molecule has 1 N–H and O–H groups in total. The van der Waals surface area contributed by atoms with Gasteiger partial charge in [0.15, 0.2) is 0 Å². The molecular weight excluding hydrogens is 538 g/mol. The fourth-order valence-corrected chi connectivity index (χ4v) is 11.0. The summed E-state index contributed by atoms with van der Waals surface area (Å²) in [5.41, 5.74) is 2.42. The van der Waals surface area contributed by atoms with E-state index in [9.17, 15) is 9.90 Å². The molecule has 7 heteroatoms. The summed E-state index contributed by atoms with van der Waals surface area (Å²) in [6, 6.07) is 0.300. The van der Waals surface area contributed by atoms with Crippen molar-refractivity contribution >= 4 is 11.8 Å². The molecule has 4 atom stereocenters. The van der Waals surface area contributed by atoms with Crippen LogP contribution < -0.4 is 0 Å². The largest absolute Gasteiger partial charge is 0.396 e. The maximum Gasteiger partial charge on any atom is 0.235 e. The molecule has 2 unspecified atom stereocenters. The number of aliphatic hydroxyl groups is 1. The van der Waals surface area contributed by atoms with Crippen LogP contribution in [0.2, 0.25) is 0 Å². The molecule has 2 saturated heterocycles. The summed E-state index contributed by atoms with van der Waals surface area (Å²) in [5, 5.41) is 10.0. The maximum absolute atomic E-state index is 15.7. The van der Waals surface area contributed by atoms with Crippen LogP contribution in [0.3, 0.4) is 0 Å². The number of hydrogen-bond donors (Lipinski definition) is 1. The lowest BCUT2D eigenvalue weighted by atomic mass is 9.50. The van der Waals surface area contributed by atoms with Crippen LogP contribution in [0, 0.1) is 29.1 Å². The van der Waals surface area contributed by atoms with Crippen molar-refractivity contribution in [1.82, 2.24) is 14.7 Å². The number of carbonyl (C=O) groups excluding carboxylic acids is 2. The second-order valence-corrected chi connectivity index (χ2v) is 15.3. The Balaban J connectivity index is 1.32. The van der Waals surface area contributed by atoms with E-state index in [2.05, 4.69) is 14.7 Å². The SMILES string of the molecule is O=C1C2CCCCC2[C@@]2(CC3=C(CCCC3)N(CCN3CCOCC3)C2=O)[C@H](C2CCC(CO)CC2)N1C1CCCCC1. The van der Waals surface area contributed by atoms with Crippen LogP contribution in [0.25, 0.3) is 0 Å². The second kappa shape index (κ2) is 13.1. The molecule has 2 amide bonds. The third-order valence-corrected chi connectivity index (χ3v) is 13.2. The van der Waals surface area contributed by atoms with Crippen LogP contribution >= 0.6 is 0 Å². The van der Waals surface area contributed by atoms with Crippen molar-refractivity contribution in [3.63, 3.8) is 0 Å². The average Bonchev–Trinajstić information content (AvgIpc) is 3.07. The molecule has 0 aromatic rings. The standard InChI is InChI=1S/C36H57N3O4/c40-25-26-14-16-27(17-15-26)33-36(31-12-6-5-11-30(31)34(41)39(33)29-9-2-1-3-10-29)24-28-8-4-7-13-32(28)38(35(36)42)19-18-37-20-22-43-23-21-37/h26-27,29-31,33,40H,1-25H2/t26?,27?,30?,31?,33-,36-/m0/s1. The molecular formula is C36H57N3O4. The van der Waals surface area contributed by atoms with Crippen molar-refractivity contribution in [2.45, 2.75) is 128 Å². The molecule has 0 aromatic heterocycles. The minimum Gasteiger partial charge on any atom is -0.396 e. The summed E-state index contributed by atoms with van der Waals surface area (Å²) in [6.45, 7) is 5.42. The number of ether oxygens (including phenoxy) is 1. The first-order valence-electron chi connectivity index (χ1n) is 18.4. The molecule has 3 aliphatic heterocycles. The Morgan fingerprint density at radius 3 is 2.28 bits per heavy atom. The van der Waals surface area contributed by atoms with Crippen molar-refractivity contribution in [2.75, 3.05) is 46.0 Å². The highest BCUT2D eigenvalue weighted by Gasteiger charge is 2.66. The number of allylic oxidation sites excluding steroid dienone is 2. The first-order chi connectivity index (χ1) is 21.1. The fraction of sp³-hybridized carbons (Fsp3) is 0.889. The van der Waals surface area contributed by atoms with Crippen LogP contribution in [0.1, 0.15) is 116 Å². The third kappa shape index (κ3) is 5.52. The van der Waals surface area contributed by atoms with Crippen molar-refractivity contribution in [3.8, 4) is 0 Å². The van der Waals surface area contributed by atoms with E-state index in [1.807, 2.05) is 0 Å². The monoisotopic (exact) mass is 595 g/mol. The van der Waals surface area contributed by atoms with Gasteiger partial charge in [-0.15, -0.1) is 0 Å². The van der Waals surface area contributed by atoms with E-state index in [1.165, 1.54) is 37.8 Å². The second-order valence-electron chi connectivity index (χ2n) is 15.3. The molecule has 3 heterocycles. The Morgan fingerprint density at radius 1 is 0.791 bits per heavy atom. The van der Waals surface area contributed by atoms with Crippen LogP contribution in [0.15, 0.2) is 11.3 Å². The van der Waals surface area contributed by atoms with E-state index in [0.717, 1.165) is 123 Å². The van der Waals surface area contributed by atoms with Gasteiger partial charge in [0, 0.05) is 56.5 Å².